The number of carbonyl (C=O) groups excluding carboxylic acids is 1. The zero-order valence-corrected chi connectivity index (χ0v) is 15.0. The maximum absolute atomic E-state index is 11.8. The predicted molar refractivity (Wildman–Crippen MR) is 98.5 cm³/mol. The van der Waals surface area contributed by atoms with Gasteiger partial charge in [-0.05, 0) is 23.3 Å². The van der Waals surface area contributed by atoms with Gasteiger partial charge >= 0.3 is 5.97 Å². The van der Waals surface area contributed by atoms with Crippen LogP contribution >= 0.6 is 15.9 Å². The Morgan fingerprint density at radius 3 is 2.68 bits per heavy atom. The van der Waals surface area contributed by atoms with Crippen LogP contribution in [0.2, 0.25) is 0 Å². The molecular formula is C19H16BrN3O2. The Morgan fingerprint density at radius 1 is 1.12 bits per heavy atom. The van der Waals surface area contributed by atoms with E-state index in [9.17, 15) is 4.79 Å². The summed E-state index contributed by atoms with van der Waals surface area (Å²) in [5, 5.41) is 8.09. The Morgan fingerprint density at radius 2 is 1.88 bits per heavy atom. The molecule has 0 unspecified atom stereocenters. The normalized spacial score (nSPS) is 10.9. The van der Waals surface area contributed by atoms with Crippen LogP contribution in [-0.2, 0) is 22.7 Å². The lowest BCUT2D eigenvalue weighted by Gasteiger charge is -2.03. The van der Waals surface area contributed by atoms with Gasteiger partial charge in [0.05, 0.1) is 12.7 Å². The molecule has 5 nitrogen and oxygen atoms in total. The van der Waals surface area contributed by atoms with Crippen molar-refractivity contribution < 1.29 is 9.53 Å². The van der Waals surface area contributed by atoms with E-state index < -0.39 is 5.97 Å². The number of esters is 1. The van der Waals surface area contributed by atoms with Gasteiger partial charge in [0.25, 0.3) is 0 Å². The van der Waals surface area contributed by atoms with Crippen molar-refractivity contribution in [1.82, 2.24) is 15.0 Å². The molecule has 0 spiro atoms. The summed E-state index contributed by atoms with van der Waals surface area (Å²) in [4.78, 5) is 11.8. The van der Waals surface area contributed by atoms with Gasteiger partial charge in [-0.25, -0.2) is 9.48 Å². The molecule has 0 bridgehead atoms. The Balaban J connectivity index is 1.52. The van der Waals surface area contributed by atoms with E-state index in [0.717, 1.165) is 15.6 Å². The summed E-state index contributed by atoms with van der Waals surface area (Å²) in [5.74, 6) is -0.413. The van der Waals surface area contributed by atoms with Gasteiger partial charge in [-0.15, -0.1) is 5.10 Å². The lowest BCUT2D eigenvalue weighted by molar-refractivity contribution is -0.139. The first-order valence-electron chi connectivity index (χ1n) is 7.73. The molecule has 0 amide bonds. The van der Waals surface area contributed by atoms with E-state index in [0.29, 0.717) is 12.2 Å². The fraction of sp³-hybridized carbons (Fsp3) is 0.105. The van der Waals surface area contributed by atoms with Gasteiger partial charge in [-0.2, -0.15) is 0 Å². The molecule has 0 atom stereocenters. The van der Waals surface area contributed by atoms with Gasteiger partial charge in [0.15, 0.2) is 0 Å². The summed E-state index contributed by atoms with van der Waals surface area (Å²) in [6, 6.07) is 17.5. The van der Waals surface area contributed by atoms with Crippen LogP contribution in [0.15, 0.2) is 71.3 Å². The number of carbonyl (C=O) groups is 1. The molecule has 0 aliphatic heterocycles. The van der Waals surface area contributed by atoms with Crippen molar-refractivity contribution in [3.8, 4) is 0 Å². The topological polar surface area (TPSA) is 57.0 Å². The van der Waals surface area contributed by atoms with Crippen molar-refractivity contribution in [3.05, 3.63) is 88.2 Å². The fourth-order valence-corrected chi connectivity index (χ4v) is 2.61. The quantitative estimate of drug-likeness (QED) is 0.468. The molecule has 0 saturated heterocycles. The number of aromatic nitrogens is 3. The van der Waals surface area contributed by atoms with Crippen LogP contribution in [-0.4, -0.2) is 21.0 Å². The van der Waals surface area contributed by atoms with E-state index in [1.807, 2.05) is 54.6 Å². The Bertz CT molecular complexity index is 875. The van der Waals surface area contributed by atoms with E-state index in [4.69, 9.17) is 4.74 Å². The monoisotopic (exact) mass is 397 g/mol. The number of hydrogen-bond acceptors (Lipinski definition) is 4. The highest BCUT2D eigenvalue weighted by molar-refractivity contribution is 9.10. The first-order chi connectivity index (χ1) is 12.2. The van der Waals surface area contributed by atoms with Crippen LogP contribution in [0.5, 0.6) is 0 Å². The number of benzene rings is 2. The number of nitrogens with zero attached hydrogens (tertiary/aromatic N) is 3. The molecule has 0 aliphatic carbocycles. The molecule has 1 aromatic heterocycles. The van der Waals surface area contributed by atoms with Crippen molar-refractivity contribution >= 4 is 28.0 Å². The second-order valence-electron chi connectivity index (χ2n) is 5.35. The van der Waals surface area contributed by atoms with E-state index >= 15 is 0 Å². The minimum atomic E-state index is -0.413. The zero-order chi connectivity index (χ0) is 17.5. The zero-order valence-electron chi connectivity index (χ0n) is 13.4. The Kier molecular flexibility index (Phi) is 5.74. The van der Waals surface area contributed by atoms with Crippen molar-refractivity contribution in [2.75, 3.05) is 0 Å². The molecule has 126 valence electrons. The first-order valence-corrected chi connectivity index (χ1v) is 8.52. The van der Waals surface area contributed by atoms with Crippen molar-refractivity contribution in [2.45, 2.75) is 13.2 Å². The average Bonchev–Trinajstić information content (AvgIpc) is 3.08. The third-order valence-electron chi connectivity index (χ3n) is 3.45. The fourth-order valence-electron chi connectivity index (χ4n) is 2.20. The van der Waals surface area contributed by atoms with Crippen LogP contribution in [0.4, 0.5) is 0 Å². The van der Waals surface area contributed by atoms with E-state index in [1.54, 1.807) is 17.0 Å². The Hall–Kier alpha value is -2.73. The molecule has 3 rings (SSSR count). The van der Waals surface area contributed by atoms with Gasteiger partial charge in [0.1, 0.15) is 12.3 Å². The standard InChI is InChI=1S/C19H16BrN3O2/c20-18-9-5-4-8-16(18)12-23-13-17(21-22-23)14-25-19(24)11-10-15-6-2-1-3-7-15/h1-11,13H,12,14H2/b11-10+. The van der Waals surface area contributed by atoms with Gasteiger partial charge in [0.2, 0.25) is 0 Å². The van der Waals surface area contributed by atoms with Crippen LogP contribution < -0.4 is 0 Å². The molecule has 3 aromatic rings. The number of halogens is 1. The molecule has 0 aliphatic rings. The summed E-state index contributed by atoms with van der Waals surface area (Å²) < 4.78 is 7.92. The first kappa shape index (κ1) is 17.1. The van der Waals surface area contributed by atoms with Gasteiger partial charge < -0.3 is 4.74 Å². The third kappa shape index (κ3) is 5.12. The van der Waals surface area contributed by atoms with Crippen molar-refractivity contribution in [1.29, 1.82) is 0 Å². The number of rotatable bonds is 6. The maximum atomic E-state index is 11.8. The van der Waals surface area contributed by atoms with Crippen LogP contribution in [0.3, 0.4) is 0 Å². The average molecular weight is 398 g/mol. The minimum Gasteiger partial charge on any atom is -0.456 e. The largest absolute Gasteiger partial charge is 0.456 e. The van der Waals surface area contributed by atoms with Crippen LogP contribution in [0.25, 0.3) is 6.08 Å². The highest BCUT2D eigenvalue weighted by Gasteiger charge is 2.06. The summed E-state index contributed by atoms with van der Waals surface area (Å²) in [5.41, 5.74) is 2.65. The van der Waals surface area contributed by atoms with Gasteiger partial charge in [-0.3, -0.25) is 0 Å². The van der Waals surface area contributed by atoms with E-state index in [-0.39, 0.29) is 6.61 Å². The SMILES string of the molecule is O=C(/C=C/c1ccccc1)OCc1cn(Cc2ccccc2Br)nn1. The summed E-state index contributed by atoms with van der Waals surface area (Å²) in [7, 11) is 0. The maximum Gasteiger partial charge on any atom is 0.331 e. The lowest BCUT2D eigenvalue weighted by Crippen LogP contribution is -2.01. The molecule has 1 heterocycles. The molecule has 0 saturated carbocycles. The summed E-state index contributed by atoms with van der Waals surface area (Å²) in [6.07, 6.45) is 4.89. The van der Waals surface area contributed by atoms with Crippen molar-refractivity contribution in [3.63, 3.8) is 0 Å². The van der Waals surface area contributed by atoms with Crippen molar-refractivity contribution in [2.24, 2.45) is 0 Å². The molecule has 25 heavy (non-hydrogen) atoms. The molecule has 0 N–H and O–H groups in total. The number of ether oxygens (including phenoxy) is 1. The van der Waals surface area contributed by atoms with E-state index in [1.165, 1.54) is 6.08 Å². The molecule has 0 fully saturated rings. The second kappa shape index (κ2) is 8.39. The predicted octanol–water partition coefficient (Wildman–Crippen LogP) is 3.85. The van der Waals surface area contributed by atoms with Crippen LogP contribution in [0.1, 0.15) is 16.8 Å². The summed E-state index contributed by atoms with van der Waals surface area (Å²) >= 11 is 3.51. The van der Waals surface area contributed by atoms with Gasteiger partial charge in [-0.1, -0.05) is 69.7 Å². The smallest absolute Gasteiger partial charge is 0.331 e. The lowest BCUT2D eigenvalue weighted by atomic mass is 10.2. The highest BCUT2D eigenvalue weighted by Crippen LogP contribution is 2.16. The molecule has 2 aromatic carbocycles. The molecular weight excluding hydrogens is 382 g/mol. The minimum absolute atomic E-state index is 0.0912. The molecule has 0 radical (unpaired) electrons. The van der Waals surface area contributed by atoms with Crippen LogP contribution in [0, 0.1) is 0 Å². The third-order valence-corrected chi connectivity index (χ3v) is 4.22. The highest BCUT2D eigenvalue weighted by atomic mass is 79.9. The van der Waals surface area contributed by atoms with Gasteiger partial charge in [0, 0.05) is 10.5 Å². The Labute approximate surface area is 154 Å². The van der Waals surface area contributed by atoms with E-state index in [2.05, 4.69) is 26.2 Å². The number of hydrogen-bond donors (Lipinski definition) is 0. The summed E-state index contributed by atoms with van der Waals surface area (Å²) in [6.45, 7) is 0.685. The second-order valence-corrected chi connectivity index (χ2v) is 6.20. The molecule has 6 heteroatoms.